The SMILES string of the molecule is CC(C)(C)c1ccccc1Sc1ccccc1C(C)(C)C. The van der Waals surface area contributed by atoms with E-state index < -0.39 is 0 Å². The van der Waals surface area contributed by atoms with Crippen molar-refractivity contribution in [1.82, 2.24) is 0 Å². The maximum absolute atomic E-state index is 2.28. The van der Waals surface area contributed by atoms with Crippen molar-refractivity contribution in [3.05, 3.63) is 59.7 Å². The van der Waals surface area contributed by atoms with Gasteiger partial charge in [0.15, 0.2) is 0 Å². The fourth-order valence-corrected chi connectivity index (χ4v) is 3.97. The molecular weight excluding hydrogens is 272 g/mol. The second-order valence-electron chi connectivity index (χ2n) is 7.59. The van der Waals surface area contributed by atoms with E-state index in [1.54, 1.807) is 0 Å². The highest BCUT2D eigenvalue weighted by Crippen LogP contribution is 2.40. The Morgan fingerprint density at radius 2 is 0.905 bits per heavy atom. The first-order valence-corrected chi connectivity index (χ1v) is 8.38. The third-order valence-electron chi connectivity index (χ3n) is 3.61. The van der Waals surface area contributed by atoms with Gasteiger partial charge in [0.1, 0.15) is 0 Å². The van der Waals surface area contributed by atoms with Gasteiger partial charge in [-0.2, -0.15) is 0 Å². The molecule has 0 saturated heterocycles. The van der Waals surface area contributed by atoms with Gasteiger partial charge >= 0.3 is 0 Å². The van der Waals surface area contributed by atoms with Gasteiger partial charge in [-0.15, -0.1) is 0 Å². The molecule has 0 aliphatic heterocycles. The van der Waals surface area contributed by atoms with Gasteiger partial charge in [0.05, 0.1) is 0 Å². The summed E-state index contributed by atoms with van der Waals surface area (Å²) in [6.45, 7) is 13.7. The fourth-order valence-electron chi connectivity index (χ4n) is 2.47. The minimum absolute atomic E-state index is 0.167. The van der Waals surface area contributed by atoms with Crippen LogP contribution in [0.15, 0.2) is 58.3 Å². The molecule has 0 unspecified atom stereocenters. The van der Waals surface area contributed by atoms with Crippen LogP contribution in [-0.2, 0) is 10.8 Å². The molecule has 0 bridgehead atoms. The van der Waals surface area contributed by atoms with Crippen LogP contribution in [0.2, 0.25) is 0 Å². The van der Waals surface area contributed by atoms with Gasteiger partial charge < -0.3 is 0 Å². The van der Waals surface area contributed by atoms with E-state index in [2.05, 4.69) is 90.1 Å². The zero-order chi connectivity index (χ0) is 15.7. The van der Waals surface area contributed by atoms with E-state index in [1.807, 2.05) is 11.8 Å². The Kier molecular flexibility index (Phi) is 4.53. The molecule has 0 nitrogen and oxygen atoms in total. The summed E-state index contributed by atoms with van der Waals surface area (Å²) in [4.78, 5) is 2.73. The standard InChI is InChI=1S/C20H26S/c1-19(2,3)15-11-7-9-13-17(15)21-18-14-10-8-12-16(18)20(4,5)6/h7-14H,1-6H3. The number of hydrogen-bond donors (Lipinski definition) is 0. The molecular formula is C20H26S. The van der Waals surface area contributed by atoms with Crippen molar-refractivity contribution in [2.24, 2.45) is 0 Å². The van der Waals surface area contributed by atoms with E-state index in [4.69, 9.17) is 0 Å². The summed E-state index contributed by atoms with van der Waals surface area (Å²) in [6.07, 6.45) is 0. The first-order valence-electron chi connectivity index (χ1n) is 7.56. The highest BCUT2D eigenvalue weighted by Gasteiger charge is 2.21. The lowest BCUT2D eigenvalue weighted by atomic mass is 9.87. The summed E-state index contributed by atoms with van der Waals surface area (Å²) in [6, 6.07) is 17.5. The molecule has 0 atom stereocenters. The molecule has 2 aromatic rings. The lowest BCUT2D eigenvalue weighted by Crippen LogP contribution is -2.14. The van der Waals surface area contributed by atoms with Crippen LogP contribution in [0.5, 0.6) is 0 Å². The van der Waals surface area contributed by atoms with Crippen LogP contribution in [0.25, 0.3) is 0 Å². The Balaban J connectivity index is 2.45. The van der Waals surface area contributed by atoms with Crippen LogP contribution in [0.4, 0.5) is 0 Å². The van der Waals surface area contributed by atoms with Gasteiger partial charge in [0.2, 0.25) is 0 Å². The first-order chi connectivity index (χ1) is 9.69. The fraction of sp³-hybridized carbons (Fsp3) is 0.400. The first kappa shape index (κ1) is 16.2. The minimum Gasteiger partial charge on any atom is -0.0895 e. The summed E-state index contributed by atoms with van der Waals surface area (Å²) in [5.41, 5.74) is 3.16. The van der Waals surface area contributed by atoms with Gasteiger partial charge in [0.25, 0.3) is 0 Å². The van der Waals surface area contributed by atoms with E-state index in [-0.39, 0.29) is 10.8 Å². The minimum atomic E-state index is 0.167. The van der Waals surface area contributed by atoms with Gasteiger partial charge in [0, 0.05) is 9.79 Å². The second-order valence-corrected chi connectivity index (χ2v) is 8.68. The molecule has 1 heteroatoms. The topological polar surface area (TPSA) is 0 Å². The molecule has 0 aromatic heterocycles. The molecule has 2 aromatic carbocycles. The van der Waals surface area contributed by atoms with Crippen LogP contribution >= 0.6 is 11.8 Å². The zero-order valence-electron chi connectivity index (χ0n) is 14.0. The Morgan fingerprint density at radius 1 is 0.571 bits per heavy atom. The van der Waals surface area contributed by atoms with Crippen molar-refractivity contribution in [2.75, 3.05) is 0 Å². The lowest BCUT2D eigenvalue weighted by Gasteiger charge is -2.25. The van der Waals surface area contributed by atoms with E-state index in [9.17, 15) is 0 Å². The molecule has 112 valence electrons. The summed E-state index contributed by atoms with van der Waals surface area (Å²) in [7, 11) is 0. The monoisotopic (exact) mass is 298 g/mol. The molecule has 0 spiro atoms. The highest BCUT2D eigenvalue weighted by molar-refractivity contribution is 7.99. The van der Waals surface area contributed by atoms with Crippen molar-refractivity contribution in [1.29, 1.82) is 0 Å². The Hall–Kier alpha value is -1.21. The number of rotatable bonds is 2. The van der Waals surface area contributed by atoms with Crippen LogP contribution in [0.1, 0.15) is 52.7 Å². The van der Waals surface area contributed by atoms with Crippen LogP contribution in [0.3, 0.4) is 0 Å². The molecule has 21 heavy (non-hydrogen) atoms. The molecule has 0 amide bonds. The molecule has 0 radical (unpaired) electrons. The van der Waals surface area contributed by atoms with E-state index >= 15 is 0 Å². The van der Waals surface area contributed by atoms with Crippen LogP contribution in [0, 0.1) is 0 Å². The van der Waals surface area contributed by atoms with Gasteiger partial charge in [-0.25, -0.2) is 0 Å². The molecule has 0 heterocycles. The Bertz CT molecular complexity index is 557. The smallest absolute Gasteiger partial charge is 0.0159 e. The third kappa shape index (κ3) is 3.91. The molecule has 0 aliphatic carbocycles. The van der Waals surface area contributed by atoms with Gasteiger partial charge in [-0.1, -0.05) is 89.7 Å². The van der Waals surface area contributed by atoms with Crippen molar-refractivity contribution in [3.63, 3.8) is 0 Å². The van der Waals surface area contributed by atoms with Gasteiger partial charge in [-0.05, 0) is 34.1 Å². The number of hydrogen-bond acceptors (Lipinski definition) is 1. The quantitative estimate of drug-likeness (QED) is 0.615. The van der Waals surface area contributed by atoms with Crippen molar-refractivity contribution in [2.45, 2.75) is 62.2 Å². The molecule has 0 fully saturated rings. The summed E-state index contributed by atoms with van der Waals surface area (Å²) in [5.74, 6) is 0. The largest absolute Gasteiger partial charge is 0.0895 e. The third-order valence-corrected chi connectivity index (χ3v) is 4.76. The highest BCUT2D eigenvalue weighted by atomic mass is 32.2. The second kappa shape index (κ2) is 5.88. The van der Waals surface area contributed by atoms with Gasteiger partial charge in [-0.3, -0.25) is 0 Å². The van der Waals surface area contributed by atoms with Crippen molar-refractivity contribution in [3.8, 4) is 0 Å². The predicted molar refractivity (Wildman–Crippen MR) is 94.4 cm³/mol. The molecule has 0 saturated carbocycles. The average molecular weight is 298 g/mol. The zero-order valence-corrected chi connectivity index (χ0v) is 14.8. The maximum atomic E-state index is 2.28. The van der Waals surface area contributed by atoms with E-state index in [0.29, 0.717) is 0 Å². The molecule has 0 N–H and O–H groups in total. The Morgan fingerprint density at radius 3 is 1.24 bits per heavy atom. The van der Waals surface area contributed by atoms with Crippen molar-refractivity contribution < 1.29 is 0 Å². The summed E-state index contributed by atoms with van der Waals surface area (Å²) in [5, 5.41) is 0. The summed E-state index contributed by atoms with van der Waals surface area (Å²) >= 11 is 1.89. The number of benzene rings is 2. The lowest BCUT2D eigenvalue weighted by molar-refractivity contribution is 0.575. The predicted octanol–water partition coefficient (Wildman–Crippen LogP) is 6.43. The van der Waals surface area contributed by atoms with Crippen LogP contribution in [-0.4, -0.2) is 0 Å². The van der Waals surface area contributed by atoms with Crippen LogP contribution < -0.4 is 0 Å². The molecule has 0 aliphatic rings. The summed E-state index contributed by atoms with van der Waals surface area (Å²) < 4.78 is 0. The van der Waals surface area contributed by atoms with E-state index in [0.717, 1.165) is 0 Å². The Labute approximate surface area is 134 Å². The molecule has 2 rings (SSSR count). The average Bonchev–Trinajstić information content (AvgIpc) is 2.37. The maximum Gasteiger partial charge on any atom is 0.0159 e. The normalized spacial score (nSPS) is 12.5. The van der Waals surface area contributed by atoms with E-state index in [1.165, 1.54) is 20.9 Å². The van der Waals surface area contributed by atoms with Crippen molar-refractivity contribution >= 4 is 11.8 Å².